The molecule has 0 amide bonds. The molecule has 0 bridgehead atoms. The van der Waals surface area contributed by atoms with Crippen molar-refractivity contribution in [3.05, 3.63) is 53.6 Å². The zero-order valence-corrected chi connectivity index (χ0v) is 16.6. The van der Waals surface area contributed by atoms with Crippen LogP contribution >= 0.6 is 0 Å². The molecule has 2 spiro atoms. The van der Waals surface area contributed by atoms with Gasteiger partial charge in [0.15, 0.2) is 0 Å². The van der Waals surface area contributed by atoms with Gasteiger partial charge in [-0.2, -0.15) is 0 Å². The number of pyridine rings is 1. The first kappa shape index (κ1) is 16.3. The van der Waals surface area contributed by atoms with Gasteiger partial charge in [0, 0.05) is 24.3 Å². The lowest BCUT2D eigenvalue weighted by Crippen LogP contribution is -2.48. The first-order valence-electron chi connectivity index (χ1n) is 11.0. The summed E-state index contributed by atoms with van der Waals surface area (Å²) in [5.74, 6) is -0.178. The summed E-state index contributed by atoms with van der Waals surface area (Å²) >= 11 is 0. The van der Waals surface area contributed by atoms with E-state index < -0.39 is 23.3 Å². The number of aliphatic imine (C=N–C) groups is 1. The van der Waals surface area contributed by atoms with Crippen molar-refractivity contribution in [2.24, 2.45) is 22.1 Å². The average molecular weight is 397 g/mol. The van der Waals surface area contributed by atoms with Crippen molar-refractivity contribution in [3.8, 4) is 11.1 Å². The summed E-state index contributed by atoms with van der Waals surface area (Å²) < 4.78 is 42.7. The van der Waals surface area contributed by atoms with Gasteiger partial charge in [0.1, 0.15) is 17.9 Å². The quantitative estimate of drug-likeness (QED) is 0.837. The molecule has 1 saturated carbocycles. The predicted molar refractivity (Wildman–Crippen MR) is 109 cm³/mol. The van der Waals surface area contributed by atoms with E-state index in [2.05, 4.69) is 11.9 Å². The van der Waals surface area contributed by atoms with E-state index in [4.69, 9.17) is 22.9 Å². The van der Waals surface area contributed by atoms with Crippen LogP contribution in [0.5, 0.6) is 0 Å². The van der Waals surface area contributed by atoms with E-state index in [9.17, 15) is 4.39 Å². The summed E-state index contributed by atoms with van der Waals surface area (Å²) in [5.41, 5.74) is 7.42. The van der Waals surface area contributed by atoms with E-state index in [1.54, 1.807) is 13.3 Å². The minimum Gasteiger partial charge on any atom is -0.462 e. The van der Waals surface area contributed by atoms with E-state index in [0.29, 0.717) is 12.0 Å². The zero-order chi connectivity index (χ0) is 22.0. The van der Waals surface area contributed by atoms with Gasteiger partial charge in [-0.15, -0.1) is 0 Å². The smallest absolute Gasteiger partial charge is 0.283 e. The highest BCUT2D eigenvalue weighted by molar-refractivity contribution is 5.76. The van der Waals surface area contributed by atoms with E-state index in [1.165, 1.54) is 6.07 Å². The number of halogens is 1. The van der Waals surface area contributed by atoms with Gasteiger partial charge in [0.25, 0.3) is 6.02 Å². The summed E-state index contributed by atoms with van der Waals surface area (Å²) in [6, 6.07) is 7.15. The number of hydrogen-bond acceptors (Lipinski definition) is 5. The van der Waals surface area contributed by atoms with Crippen LogP contribution in [-0.2, 0) is 21.4 Å². The second-order valence-corrected chi connectivity index (χ2v) is 8.58. The highest BCUT2D eigenvalue weighted by Gasteiger charge is 2.62. The van der Waals surface area contributed by atoms with Crippen LogP contribution in [0.4, 0.5) is 4.39 Å². The van der Waals surface area contributed by atoms with Crippen molar-refractivity contribution >= 4 is 6.02 Å². The Hall–Kier alpha value is -2.47. The van der Waals surface area contributed by atoms with Crippen LogP contribution in [0.15, 0.2) is 41.7 Å². The Kier molecular flexibility index (Phi) is 3.68. The third-order valence-electron chi connectivity index (χ3n) is 6.97. The van der Waals surface area contributed by atoms with Crippen LogP contribution in [0, 0.1) is 17.2 Å². The van der Waals surface area contributed by atoms with Gasteiger partial charge in [0.05, 0.1) is 15.0 Å². The molecule has 2 heterocycles. The summed E-state index contributed by atoms with van der Waals surface area (Å²) in [6.07, 6.45) is 5.90. The first-order valence-corrected chi connectivity index (χ1v) is 10.0. The Morgan fingerprint density at radius 1 is 1.31 bits per heavy atom. The van der Waals surface area contributed by atoms with E-state index >= 15 is 0 Å². The number of aromatic nitrogens is 1. The molecular formula is C23H26FN3O2. The molecule has 4 atom stereocenters. The first-order chi connectivity index (χ1) is 14.7. The molecule has 1 aliphatic heterocycles. The number of benzene rings is 1. The van der Waals surface area contributed by atoms with Crippen LogP contribution in [0.2, 0.25) is 0 Å². The Morgan fingerprint density at radius 3 is 2.86 bits per heavy atom. The highest BCUT2D eigenvalue weighted by Crippen LogP contribution is 2.62. The van der Waals surface area contributed by atoms with Crippen LogP contribution in [0.25, 0.3) is 11.1 Å². The number of hydrogen-bond donors (Lipinski definition) is 1. The molecule has 5 nitrogen and oxygen atoms in total. The second kappa shape index (κ2) is 6.52. The second-order valence-electron chi connectivity index (χ2n) is 8.58. The number of nitrogens with zero attached hydrogens (tertiary/aromatic N) is 2. The summed E-state index contributed by atoms with van der Waals surface area (Å²) in [7, 11) is 1.73. The number of fused-ring (bicyclic) bond motifs is 3. The molecule has 0 unspecified atom stereocenters. The third kappa shape index (κ3) is 2.69. The Bertz CT molecular complexity index is 1080. The number of methoxy groups -OCH3 is 1. The van der Waals surface area contributed by atoms with E-state index in [-0.39, 0.29) is 18.0 Å². The summed E-state index contributed by atoms with van der Waals surface area (Å²) in [4.78, 5) is 8.65. The molecule has 2 aromatic rings. The molecule has 0 radical (unpaired) electrons. The Balaban J connectivity index is 1.70. The lowest BCUT2D eigenvalue weighted by molar-refractivity contribution is -0.0445. The molecule has 152 valence electrons. The fraction of sp³-hybridized carbons (Fsp3) is 0.478. The molecule has 0 saturated heterocycles. The monoisotopic (exact) mass is 397 g/mol. The van der Waals surface area contributed by atoms with Crippen LogP contribution in [0.1, 0.15) is 40.1 Å². The topological polar surface area (TPSA) is 69.7 Å². The number of nitrogens with two attached hydrogens (primary N) is 1. The normalized spacial score (nSPS) is 35.8. The molecule has 2 aliphatic carbocycles. The van der Waals surface area contributed by atoms with E-state index in [0.717, 1.165) is 42.1 Å². The van der Waals surface area contributed by atoms with Crippen LogP contribution in [0.3, 0.4) is 0 Å². The van der Waals surface area contributed by atoms with Crippen molar-refractivity contribution in [1.29, 1.82) is 0 Å². The fourth-order valence-corrected chi connectivity index (χ4v) is 5.67. The van der Waals surface area contributed by atoms with Crippen molar-refractivity contribution in [1.82, 2.24) is 4.98 Å². The van der Waals surface area contributed by atoms with Crippen molar-refractivity contribution in [2.75, 3.05) is 13.7 Å². The molecule has 6 heteroatoms. The molecular weight excluding hydrogens is 369 g/mol. The molecule has 2 N–H and O–H groups in total. The van der Waals surface area contributed by atoms with Crippen LogP contribution < -0.4 is 5.73 Å². The van der Waals surface area contributed by atoms with Gasteiger partial charge < -0.3 is 15.2 Å². The maximum absolute atomic E-state index is 13.8. The highest BCUT2D eigenvalue weighted by atomic mass is 19.1. The van der Waals surface area contributed by atoms with Gasteiger partial charge in [-0.05, 0) is 60.4 Å². The van der Waals surface area contributed by atoms with Crippen molar-refractivity contribution in [2.45, 2.75) is 44.2 Å². The molecule has 3 aliphatic rings. The van der Waals surface area contributed by atoms with E-state index in [1.807, 2.05) is 18.2 Å². The molecule has 1 aromatic carbocycles. The lowest BCUT2D eigenvalue weighted by atomic mass is 9.59. The third-order valence-corrected chi connectivity index (χ3v) is 6.97. The standard InChI is InChI=1S/C23H26FN3O2/c1-14-9-22(6-5-20(14)28-2)10-16-4-3-15(17-7-18(24)12-26-11-17)8-19(16)23(22)13-29-21(25)27-23/h3-4,7-8,11-12,14,20H,5-6,9-10,13H2,1-2H3,(H2,25,27)/t14-,20-,22-,23+/m1/s1/i13D2. The maximum atomic E-state index is 13.8. The molecule has 1 fully saturated rings. The van der Waals surface area contributed by atoms with Crippen LogP contribution in [-0.4, -0.2) is 30.8 Å². The minimum atomic E-state index is -2.10. The SMILES string of the molecule is [2H]C1([2H])OC(N)=N[C@]12c1cc(-c3cncc(F)c3)ccc1C[C@]21CC[C@@H](OC)[C@H](C)C1. The lowest BCUT2D eigenvalue weighted by Gasteiger charge is -2.47. The Morgan fingerprint density at radius 2 is 2.17 bits per heavy atom. The fourth-order valence-electron chi connectivity index (χ4n) is 5.67. The van der Waals surface area contributed by atoms with Gasteiger partial charge >= 0.3 is 0 Å². The number of amidine groups is 1. The zero-order valence-electron chi connectivity index (χ0n) is 18.6. The average Bonchev–Trinajstić information content (AvgIpc) is 3.12. The van der Waals surface area contributed by atoms with Gasteiger partial charge in [0.2, 0.25) is 0 Å². The van der Waals surface area contributed by atoms with Crippen molar-refractivity contribution < 1.29 is 16.6 Å². The molecule has 1 aromatic heterocycles. The largest absolute Gasteiger partial charge is 0.462 e. The summed E-state index contributed by atoms with van der Waals surface area (Å²) in [6.45, 7) is 0.0504. The summed E-state index contributed by atoms with van der Waals surface area (Å²) in [5, 5.41) is 0. The van der Waals surface area contributed by atoms with Gasteiger partial charge in [-0.3, -0.25) is 4.98 Å². The predicted octanol–water partition coefficient (Wildman–Crippen LogP) is 3.81. The van der Waals surface area contributed by atoms with Gasteiger partial charge in [-0.25, -0.2) is 9.38 Å². The minimum absolute atomic E-state index is 0.128. The molecule has 5 rings (SSSR count). The van der Waals surface area contributed by atoms with Gasteiger partial charge in [-0.1, -0.05) is 19.1 Å². The maximum Gasteiger partial charge on any atom is 0.283 e. The number of ether oxygens (including phenoxy) is 2. The Labute approximate surface area is 173 Å². The molecule has 29 heavy (non-hydrogen) atoms. The van der Waals surface area contributed by atoms with Crippen molar-refractivity contribution in [3.63, 3.8) is 0 Å². The number of rotatable bonds is 2.